The van der Waals surface area contributed by atoms with Crippen molar-refractivity contribution in [3.05, 3.63) is 35.9 Å². The Labute approximate surface area is 90.4 Å². The molecule has 0 spiro atoms. The van der Waals surface area contributed by atoms with Crippen molar-refractivity contribution in [2.24, 2.45) is 0 Å². The monoisotopic (exact) mass is 206 g/mol. The average molecular weight is 206 g/mol. The Kier molecular flexibility index (Phi) is 4.68. The Morgan fingerprint density at radius 2 is 2.00 bits per heavy atom. The average Bonchev–Trinajstić information content (AvgIpc) is 2.54. The maximum absolute atomic E-state index is 2.47. The summed E-state index contributed by atoms with van der Waals surface area (Å²) in [6.07, 6.45) is 5.77. The van der Waals surface area contributed by atoms with Crippen molar-refractivity contribution in [2.45, 2.75) is 24.9 Å². The summed E-state index contributed by atoms with van der Waals surface area (Å²) in [5.74, 6) is 0. The Balaban J connectivity index is 0.000000980. The second-order valence-electron chi connectivity index (χ2n) is 3.97. The number of hydrogen-bond acceptors (Lipinski definition) is 0. The first-order chi connectivity index (χ1) is 6.36. The summed E-state index contributed by atoms with van der Waals surface area (Å²) in [6, 6.07) is 10.9. The molecule has 2 heteroatoms. The first kappa shape index (κ1) is 11.8. The standard InChI is InChI=1S/C12H17P.BH3/c1-13-9-5-8-12(13)10-11-6-3-2-4-7-11;/h2-4,6-7,12H,5,8-10H2,1H3;1H3/t12-,13?;/m0./s1. The van der Waals surface area contributed by atoms with Gasteiger partial charge in [-0.15, -0.1) is 7.92 Å². The lowest BCUT2D eigenvalue weighted by atomic mass is 10.1. The third-order valence-electron chi connectivity index (χ3n) is 2.99. The van der Waals surface area contributed by atoms with Crippen LogP contribution >= 0.6 is 7.92 Å². The van der Waals surface area contributed by atoms with E-state index in [2.05, 4.69) is 37.0 Å². The van der Waals surface area contributed by atoms with Crippen LogP contribution < -0.4 is 0 Å². The SMILES string of the molecule is B.CP1CCC[C@H]1Cc1ccccc1. The summed E-state index contributed by atoms with van der Waals surface area (Å²) in [6.45, 7) is 2.47. The molecule has 0 aliphatic carbocycles. The molecule has 1 saturated heterocycles. The summed E-state index contributed by atoms with van der Waals surface area (Å²) in [5.41, 5.74) is 2.54. The van der Waals surface area contributed by atoms with E-state index in [0.29, 0.717) is 7.92 Å². The molecule has 0 saturated carbocycles. The van der Waals surface area contributed by atoms with Crippen LogP contribution in [0.5, 0.6) is 0 Å². The highest BCUT2D eigenvalue weighted by Crippen LogP contribution is 2.47. The predicted molar refractivity (Wildman–Crippen MR) is 70.8 cm³/mol. The lowest BCUT2D eigenvalue weighted by Gasteiger charge is -2.15. The Hall–Kier alpha value is -0.285. The van der Waals surface area contributed by atoms with Gasteiger partial charge in [0, 0.05) is 0 Å². The number of hydrogen-bond donors (Lipinski definition) is 0. The van der Waals surface area contributed by atoms with Crippen molar-refractivity contribution >= 4 is 16.3 Å². The fraction of sp³-hybridized carbons (Fsp3) is 0.500. The van der Waals surface area contributed by atoms with Crippen molar-refractivity contribution in [1.82, 2.24) is 0 Å². The van der Waals surface area contributed by atoms with E-state index in [0.717, 1.165) is 5.66 Å². The largest absolute Gasteiger partial charge is 0.106 e. The summed E-state index contributed by atoms with van der Waals surface area (Å²) < 4.78 is 0. The molecule has 1 fully saturated rings. The van der Waals surface area contributed by atoms with Crippen LogP contribution in [0.2, 0.25) is 0 Å². The molecule has 1 aliphatic heterocycles. The molecule has 1 aromatic carbocycles. The van der Waals surface area contributed by atoms with Crippen LogP contribution in [0.25, 0.3) is 0 Å². The molecule has 0 amide bonds. The van der Waals surface area contributed by atoms with Gasteiger partial charge in [0.1, 0.15) is 0 Å². The smallest absolute Gasteiger partial charge is 0.0814 e. The molecule has 0 aromatic heterocycles. The highest BCUT2D eigenvalue weighted by atomic mass is 31.1. The third kappa shape index (κ3) is 2.85. The van der Waals surface area contributed by atoms with Crippen LogP contribution in [0.15, 0.2) is 30.3 Å². The molecule has 1 aromatic rings. The molecule has 0 nitrogen and oxygen atoms in total. The summed E-state index contributed by atoms with van der Waals surface area (Å²) in [5, 5.41) is 0. The lowest BCUT2D eigenvalue weighted by molar-refractivity contribution is 0.774. The van der Waals surface area contributed by atoms with Gasteiger partial charge in [-0.05, 0) is 43.3 Å². The minimum absolute atomic E-state index is 0. The van der Waals surface area contributed by atoms with Crippen LogP contribution in [0.4, 0.5) is 0 Å². The van der Waals surface area contributed by atoms with Crippen LogP contribution in [-0.2, 0) is 6.42 Å². The van der Waals surface area contributed by atoms with Gasteiger partial charge < -0.3 is 0 Å². The minimum atomic E-state index is 0. The lowest BCUT2D eigenvalue weighted by Crippen LogP contribution is -2.03. The van der Waals surface area contributed by atoms with E-state index in [4.69, 9.17) is 0 Å². The molecule has 14 heavy (non-hydrogen) atoms. The van der Waals surface area contributed by atoms with E-state index < -0.39 is 0 Å². The molecule has 2 rings (SSSR count). The van der Waals surface area contributed by atoms with E-state index >= 15 is 0 Å². The van der Waals surface area contributed by atoms with Crippen molar-refractivity contribution in [3.63, 3.8) is 0 Å². The van der Waals surface area contributed by atoms with Gasteiger partial charge in [0.2, 0.25) is 0 Å². The van der Waals surface area contributed by atoms with Crippen LogP contribution in [0.1, 0.15) is 18.4 Å². The minimum Gasteiger partial charge on any atom is -0.106 e. The third-order valence-corrected chi connectivity index (χ3v) is 5.69. The van der Waals surface area contributed by atoms with Crippen molar-refractivity contribution < 1.29 is 0 Å². The summed E-state index contributed by atoms with van der Waals surface area (Å²) in [4.78, 5) is 0. The zero-order chi connectivity index (χ0) is 9.10. The fourth-order valence-electron chi connectivity index (χ4n) is 2.12. The predicted octanol–water partition coefficient (Wildman–Crippen LogP) is 2.32. The van der Waals surface area contributed by atoms with Gasteiger partial charge in [-0.2, -0.15) is 0 Å². The Morgan fingerprint density at radius 1 is 1.29 bits per heavy atom. The molecule has 0 bridgehead atoms. The van der Waals surface area contributed by atoms with Gasteiger partial charge in [0.15, 0.2) is 0 Å². The van der Waals surface area contributed by atoms with E-state index in [1.165, 1.54) is 31.0 Å². The van der Waals surface area contributed by atoms with E-state index in [9.17, 15) is 0 Å². The maximum atomic E-state index is 2.47. The quantitative estimate of drug-likeness (QED) is 0.514. The van der Waals surface area contributed by atoms with Crippen LogP contribution in [0, 0.1) is 0 Å². The first-order valence-corrected chi connectivity index (χ1v) is 7.15. The highest BCUT2D eigenvalue weighted by Gasteiger charge is 2.22. The van der Waals surface area contributed by atoms with E-state index in [-0.39, 0.29) is 8.41 Å². The van der Waals surface area contributed by atoms with Gasteiger partial charge in [0.25, 0.3) is 0 Å². The van der Waals surface area contributed by atoms with Gasteiger partial charge >= 0.3 is 0 Å². The van der Waals surface area contributed by atoms with Crippen LogP contribution in [0.3, 0.4) is 0 Å². The highest BCUT2D eigenvalue weighted by molar-refractivity contribution is 7.57. The zero-order valence-electron chi connectivity index (χ0n) is 8.24. The molecule has 1 aliphatic rings. The van der Waals surface area contributed by atoms with Gasteiger partial charge in [-0.3, -0.25) is 0 Å². The molecule has 0 N–H and O–H groups in total. The van der Waals surface area contributed by atoms with Crippen molar-refractivity contribution in [1.29, 1.82) is 0 Å². The van der Waals surface area contributed by atoms with E-state index in [1.807, 2.05) is 0 Å². The van der Waals surface area contributed by atoms with Gasteiger partial charge in [-0.1, -0.05) is 30.3 Å². The Morgan fingerprint density at radius 3 is 2.57 bits per heavy atom. The molecule has 2 atom stereocenters. The number of rotatable bonds is 2. The van der Waals surface area contributed by atoms with Crippen LogP contribution in [-0.4, -0.2) is 26.9 Å². The molecule has 0 radical (unpaired) electrons. The second-order valence-corrected chi connectivity index (χ2v) is 6.66. The van der Waals surface area contributed by atoms with Crippen molar-refractivity contribution in [2.75, 3.05) is 12.8 Å². The fourth-order valence-corrected chi connectivity index (χ4v) is 4.32. The van der Waals surface area contributed by atoms with Gasteiger partial charge in [-0.25, -0.2) is 0 Å². The van der Waals surface area contributed by atoms with E-state index in [1.54, 1.807) is 0 Å². The number of benzene rings is 1. The maximum Gasteiger partial charge on any atom is 0.0814 e. The zero-order valence-corrected chi connectivity index (χ0v) is 9.13. The molecular weight excluding hydrogens is 186 g/mol. The molecular formula is C12H20BP. The normalized spacial score (nSPS) is 25.8. The molecule has 1 unspecified atom stereocenters. The molecule has 76 valence electrons. The second kappa shape index (κ2) is 5.56. The summed E-state index contributed by atoms with van der Waals surface area (Å²) >= 11 is 0. The van der Waals surface area contributed by atoms with Crippen molar-refractivity contribution in [3.8, 4) is 0 Å². The first-order valence-electron chi connectivity index (χ1n) is 5.10. The summed E-state index contributed by atoms with van der Waals surface area (Å²) in [7, 11) is 0.348. The topological polar surface area (TPSA) is 0 Å². The Bertz CT molecular complexity index is 260. The molecule has 1 heterocycles. The van der Waals surface area contributed by atoms with Gasteiger partial charge in [0.05, 0.1) is 8.41 Å².